The number of morpholine rings is 1. The van der Waals surface area contributed by atoms with Crippen molar-refractivity contribution in [3.8, 4) is 11.4 Å². The lowest BCUT2D eigenvalue weighted by Crippen LogP contribution is -2.35. The molecular weight excluding hydrogens is 322 g/mol. The molecule has 5 nitrogen and oxygen atoms in total. The molecule has 1 aliphatic rings. The van der Waals surface area contributed by atoms with Crippen LogP contribution in [0.3, 0.4) is 0 Å². The van der Waals surface area contributed by atoms with E-state index in [-0.39, 0.29) is 0 Å². The summed E-state index contributed by atoms with van der Waals surface area (Å²) in [5.74, 6) is 0. The molecule has 0 amide bonds. The molecule has 0 bridgehead atoms. The molecule has 3 aromatic rings. The Hall–Kier alpha value is -1.73. The van der Waals surface area contributed by atoms with Gasteiger partial charge in [-0.15, -0.1) is 11.3 Å². The van der Waals surface area contributed by atoms with Gasteiger partial charge in [0.25, 0.3) is 0 Å². The molecule has 1 N–H and O–H groups in total. The molecule has 1 unspecified atom stereocenters. The number of rotatable bonds is 4. The van der Waals surface area contributed by atoms with Crippen LogP contribution in [0.5, 0.6) is 0 Å². The van der Waals surface area contributed by atoms with Gasteiger partial charge in [0.1, 0.15) is 5.01 Å². The Morgan fingerprint density at radius 1 is 1.33 bits per heavy atom. The van der Waals surface area contributed by atoms with Gasteiger partial charge in [0.05, 0.1) is 37.3 Å². The topological polar surface area (TPSA) is 50.0 Å². The van der Waals surface area contributed by atoms with Crippen LogP contribution in [0.1, 0.15) is 23.6 Å². The zero-order valence-corrected chi connectivity index (χ0v) is 14.5. The van der Waals surface area contributed by atoms with Crippen LogP contribution in [0, 0.1) is 0 Å². The van der Waals surface area contributed by atoms with Gasteiger partial charge in [-0.1, -0.05) is 6.07 Å². The molecule has 1 aliphatic heterocycles. The maximum atomic E-state index is 10.2. The Balaban J connectivity index is 1.68. The summed E-state index contributed by atoms with van der Waals surface area (Å²) in [4.78, 5) is 7.22. The molecule has 6 heteroatoms. The SMILES string of the molecule is CC(O)c1cc2ccccn2c1-c1csc(CN2CCOCC2)n1. The number of aromatic nitrogens is 2. The minimum absolute atomic E-state index is 0.524. The number of hydrogen-bond donors (Lipinski definition) is 1. The molecule has 0 aliphatic carbocycles. The van der Waals surface area contributed by atoms with E-state index in [2.05, 4.69) is 20.7 Å². The first-order valence-electron chi connectivity index (χ1n) is 8.25. The molecule has 126 valence electrons. The summed E-state index contributed by atoms with van der Waals surface area (Å²) in [7, 11) is 0. The van der Waals surface area contributed by atoms with Crippen molar-refractivity contribution >= 4 is 16.9 Å². The Kier molecular flexibility index (Phi) is 4.37. The number of thiazole rings is 1. The van der Waals surface area contributed by atoms with Crippen LogP contribution in [0.4, 0.5) is 0 Å². The van der Waals surface area contributed by atoms with Gasteiger partial charge in [-0.2, -0.15) is 0 Å². The van der Waals surface area contributed by atoms with E-state index in [0.29, 0.717) is 0 Å². The normalized spacial score (nSPS) is 17.4. The van der Waals surface area contributed by atoms with E-state index < -0.39 is 6.10 Å². The molecular formula is C18H21N3O2S. The third-order valence-electron chi connectivity index (χ3n) is 4.42. The van der Waals surface area contributed by atoms with E-state index in [0.717, 1.165) is 60.3 Å². The van der Waals surface area contributed by atoms with E-state index >= 15 is 0 Å². The zero-order valence-electron chi connectivity index (χ0n) is 13.7. The van der Waals surface area contributed by atoms with Gasteiger partial charge >= 0.3 is 0 Å². The van der Waals surface area contributed by atoms with Crippen LogP contribution < -0.4 is 0 Å². The van der Waals surface area contributed by atoms with Crippen molar-refractivity contribution in [2.75, 3.05) is 26.3 Å². The summed E-state index contributed by atoms with van der Waals surface area (Å²) < 4.78 is 7.51. The second-order valence-electron chi connectivity index (χ2n) is 6.13. The van der Waals surface area contributed by atoms with Gasteiger partial charge in [-0.3, -0.25) is 4.90 Å². The lowest BCUT2D eigenvalue weighted by Gasteiger charge is -2.25. The maximum Gasteiger partial charge on any atom is 0.107 e. The van der Waals surface area contributed by atoms with Crippen molar-refractivity contribution in [2.45, 2.75) is 19.6 Å². The fourth-order valence-corrected chi connectivity index (χ4v) is 4.00. The molecule has 3 aromatic heterocycles. The average molecular weight is 343 g/mol. The Morgan fingerprint density at radius 2 is 2.17 bits per heavy atom. The molecule has 1 atom stereocenters. The van der Waals surface area contributed by atoms with E-state index in [1.54, 1.807) is 18.3 Å². The number of fused-ring (bicyclic) bond motifs is 1. The van der Waals surface area contributed by atoms with Crippen LogP contribution in [0.15, 0.2) is 35.8 Å². The number of pyridine rings is 1. The highest BCUT2D eigenvalue weighted by Gasteiger charge is 2.19. The van der Waals surface area contributed by atoms with Crippen molar-refractivity contribution in [3.63, 3.8) is 0 Å². The Morgan fingerprint density at radius 3 is 2.96 bits per heavy atom. The summed E-state index contributed by atoms with van der Waals surface area (Å²) in [6.45, 7) is 6.19. The molecule has 0 saturated carbocycles. The number of ether oxygens (including phenoxy) is 1. The van der Waals surface area contributed by atoms with E-state index in [9.17, 15) is 5.11 Å². The van der Waals surface area contributed by atoms with Gasteiger partial charge in [-0.25, -0.2) is 4.98 Å². The number of aliphatic hydroxyl groups excluding tert-OH is 1. The predicted molar refractivity (Wildman–Crippen MR) is 95.2 cm³/mol. The number of aliphatic hydroxyl groups is 1. The van der Waals surface area contributed by atoms with Gasteiger partial charge in [0, 0.05) is 35.7 Å². The van der Waals surface area contributed by atoms with E-state index in [4.69, 9.17) is 9.72 Å². The highest BCUT2D eigenvalue weighted by molar-refractivity contribution is 7.09. The lowest BCUT2D eigenvalue weighted by atomic mass is 10.1. The number of hydrogen-bond acceptors (Lipinski definition) is 5. The zero-order chi connectivity index (χ0) is 16.5. The standard InChI is InChI=1S/C18H21N3O2S/c1-13(22)15-10-14-4-2-3-5-21(14)18(15)16-12-24-17(19-16)11-20-6-8-23-9-7-20/h2-5,10,12-13,22H,6-9,11H2,1H3. The molecule has 4 rings (SSSR count). The predicted octanol–water partition coefficient (Wildman–Crippen LogP) is 2.95. The third-order valence-corrected chi connectivity index (χ3v) is 5.25. The fraction of sp³-hybridized carbons (Fsp3) is 0.389. The average Bonchev–Trinajstić information content (AvgIpc) is 3.19. The van der Waals surface area contributed by atoms with Gasteiger partial charge in [0.2, 0.25) is 0 Å². The van der Waals surface area contributed by atoms with Crippen molar-refractivity contribution in [1.29, 1.82) is 0 Å². The largest absolute Gasteiger partial charge is 0.389 e. The highest BCUT2D eigenvalue weighted by Crippen LogP contribution is 2.32. The van der Waals surface area contributed by atoms with Crippen molar-refractivity contribution in [3.05, 3.63) is 46.4 Å². The summed E-state index contributed by atoms with van der Waals surface area (Å²) in [6.07, 6.45) is 1.50. The molecule has 4 heterocycles. The smallest absolute Gasteiger partial charge is 0.107 e. The molecule has 0 aromatic carbocycles. The van der Waals surface area contributed by atoms with Gasteiger partial charge in [-0.05, 0) is 25.1 Å². The Bertz CT molecular complexity index is 834. The quantitative estimate of drug-likeness (QED) is 0.791. The Labute approximate surface area is 145 Å². The van der Waals surface area contributed by atoms with Crippen LogP contribution in [0.2, 0.25) is 0 Å². The lowest BCUT2D eigenvalue weighted by molar-refractivity contribution is 0.0342. The molecule has 0 spiro atoms. The highest BCUT2D eigenvalue weighted by atomic mass is 32.1. The minimum Gasteiger partial charge on any atom is -0.389 e. The first-order valence-corrected chi connectivity index (χ1v) is 9.13. The van der Waals surface area contributed by atoms with Crippen molar-refractivity contribution < 1.29 is 9.84 Å². The van der Waals surface area contributed by atoms with E-state index in [1.165, 1.54) is 0 Å². The van der Waals surface area contributed by atoms with Crippen molar-refractivity contribution in [2.24, 2.45) is 0 Å². The summed E-state index contributed by atoms with van der Waals surface area (Å²) >= 11 is 1.68. The van der Waals surface area contributed by atoms with Crippen LogP contribution in [0.25, 0.3) is 16.9 Å². The fourth-order valence-electron chi connectivity index (χ4n) is 3.18. The third kappa shape index (κ3) is 2.98. The van der Waals surface area contributed by atoms with Gasteiger partial charge in [0.15, 0.2) is 0 Å². The summed E-state index contributed by atoms with van der Waals surface area (Å²) in [6, 6.07) is 8.11. The maximum absolute atomic E-state index is 10.2. The van der Waals surface area contributed by atoms with Crippen molar-refractivity contribution in [1.82, 2.24) is 14.3 Å². The summed E-state index contributed by atoms with van der Waals surface area (Å²) in [5.41, 5.74) is 3.92. The first kappa shape index (κ1) is 15.8. The monoisotopic (exact) mass is 343 g/mol. The van der Waals surface area contributed by atoms with E-state index in [1.807, 2.05) is 24.4 Å². The first-order chi connectivity index (χ1) is 11.7. The van der Waals surface area contributed by atoms with Crippen LogP contribution >= 0.6 is 11.3 Å². The summed E-state index contributed by atoms with van der Waals surface area (Å²) in [5, 5.41) is 13.4. The molecule has 1 saturated heterocycles. The van der Waals surface area contributed by atoms with Crippen LogP contribution in [-0.2, 0) is 11.3 Å². The molecule has 24 heavy (non-hydrogen) atoms. The van der Waals surface area contributed by atoms with Crippen LogP contribution in [-0.4, -0.2) is 45.7 Å². The number of nitrogens with zero attached hydrogens (tertiary/aromatic N) is 3. The molecule has 1 fully saturated rings. The second kappa shape index (κ2) is 6.64. The minimum atomic E-state index is -0.524. The second-order valence-corrected chi connectivity index (χ2v) is 7.08. The molecule has 0 radical (unpaired) electrons. The van der Waals surface area contributed by atoms with Gasteiger partial charge < -0.3 is 14.2 Å².